The van der Waals surface area contributed by atoms with Crippen molar-refractivity contribution >= 4 is 20.9 Å². The van der Waals surface area contributed by atoms with E-state index in [4.69, 9.17) is 0 Å². The number of sulfone groups is 1. The zero-order chi connectivity index (χ0) is 13.5. The maximum Gasteiger partial charge on any atom is 0.175 e. The number of nitrogens with one attached hydrogen (secondary N) is 1. The molecule has 19 heavy (non-hydrogen) atoms. The third-order valence-corrected chi connectivity index (χ3v) is 4.14. The second kappa shape index (κ2) is 4.20. The van der Waals surface area contributed by atoms with E-state index >= 15 is 0 Å². The molecule has 2 aromatic heterocycles. The van der Waals surface area contributed by atoms with Gasteiger partial charge in [-0.2, -0.15) is 0 Å². The van der Waals surface area contributed by atoms with Crippen LogP contribution in [0.4, 0.5) is 0 Å². The van der Waals surface area contributed by atoms with Crippen LogP contribution in [0.2, 0.25) is 0 Å². The maximum atomic E-state index is 11.4. The van der Waals surface area contributed by atoms with Gasteiger partial charge in [-0.15, -0.1) is 0 Å². The number of benzene rings is 1. The van der Waals surface area contributed by atoms with Crippen LogP contribution in [-0.2, 0) is 9.84 Å². The Labute approximate surface area is 111 Å². The molecule has 4 nitrogen and oxygen atoms in total. The van der Waals surface area contributed by atoms with E-state index in [2.05, 4.69) is 9.97 Å². The van der Waals surface area contributed by atoms with Crippen molar-refractivity contribution in [1.82, 2.24) is 9.97 Å². The van der Waals surface area contributed by atoms with Crippen molar-refractivity contribution in [2.45, 2.75) is 4.90 Å². The van der Waals surface area contributed by atoms with Gasteiger partial charge in [-0.3, -0.25) is 0 Å². The predicted octanol–water partition coefficient (Wildman–Crippen LogP) is 2.63. The molecule has 96 valence electrons. The normalized spacial score (nSPS) is 11.8. The summed E-state index contributed by atoms with van der Waals surface area (Å²) in [6.07, 6.45) is 4.82. The topological polar surface area (TPSA) is 62.8 Å². The van der Waals surface area contributed by atoms with Crippen LogP contribution in [0.5, 0.6) is 0 Å². The molecule has 2 heterocycles. The Morgan fingerprint density at radius 3 is 2.47 bits per heavy atom. The molecule has 0 saturated carbocycles. The fourth-order valence-electron chi connectivity index (χ4n) is 1.99. The monoisotopic (exact) mass is 272 g/mol. The molecule has 0 unspecified atom stereocenters. The first-order chi connectivity index (χ1) is 9.04. The molecule has 1 aromatic carbocycles. The Morgan fingerprint density at radius 2 is 1.79 bits per heavy atom. The van der Waals surface area contributed by atoms with Gasteiger partial charge in [0.2, 0.25) is 0 Å². The van der Waals surface area contributed by atoms with Crippen LogP contribution >= 0.6 is 0 Å². The Kier molecular flexibility index (Phi) is 2.64. The molecular formula is C14H12N2O2S. The second-order valence-corrected chi connectivity index (χ2v) is 6.45. The van der Waals surface area contributed by atoms with Crippen LogP contribution < -0.4 is 0 Å². The number of hydrogen-bond donors (Lipinski definition) is 1. The van der Waals surface area contributed by atoms with Crippen molar-refractivity contribution in [3.05, 3.63) is 48.8 Å². The van der Waals surface area contributed by atoms with E-state index in [-0.39, 0.29) is 0 Å². The van der Waals surface area contributed by atoms with E-state index < -0.39 is 9.84 Å². The van der Waals surface area contributed by atoms with Gasteiger partial charge in [0.1, 0.15) is 5.65 Å². The van der Waals surface area contributed by atoms with Crippen molar-refractivity contribution in [3.63, 3.8) is 0 Å². The smallest absolute Gasteiger partial charge is 0.175 e. The van der Waals surface area contributed by atoms with Gasteiger partial charge in [0.15, 0.2) is 9.84 Å². The molecule has 0 fully saturated rings. The first-order valence-electron chi connectivity index (χ1n) is 5.78. The van der Waals surface area contributed by atoms with Gasteiger partial charge in [0.25, 0.3) is 0 Å². The Bertz CT molecular complexity index is 833. The maximum absolute atomic E-state index is 11.4. The summed E-state index contributed by atoms with van der Waals surface area (Å²) in [7, 11) is -3.15. The lowest BCUT2D eigenvalue weighted by Crippen LogP contribution is -1.96. The highest BCUT2D eigenvalue weighted by Crippen LogP contribution is 2.23. The number of aromatic amines is 1. The largest absolute Gasteiger partial charge is 0.346 e. The van der Waals surface area contributed by atoms with Crippen LogP contribution in [0.3, 0.4) is 0 Å². The summed E-state index contributed by atoms with van der Waals surface area (Å²) < 4.78 is 22.8. The van der Waals surface area contributed by atoms with Crippen LogP contribution in [0.25, 0.3) is 22.2 Å². The van der Waals surface area contributed by atoms with Crippen LogP contribution in [0.1, 0.15) is 0 Å². The lowest BCUT2D eigenvalue weighted by atomic mass is 10.1. The summed E-state index contributed by atoms with van der Waals surface area (Å²) >= 11 is 0. The average molecular weight is 272 g/mol. The number of fused-ring (bicyclic) bond motifs is 1. The number of rotatable bonds is 2. The second-order valence-electron chi connectivity index (χ2n) is 4.44. The molecule has 3 aromatic rings. The van der Waals surface area contributed by atoms with Crippen LogP contribution in [0.15, 0.2) is 53.7 Å². The average Bonchev–Trinajstić information content (AvgIpc) is 2.85. The van der Waals surface area contributed by atoms with Crippen molar-refractivity contribution < 1.29 is 8.42 Å². The minimum absolute atomic E-state index is 0.326. The molecular weight excluding hydrogens is 260 g/mol. The number of aromatic nitrogens is 2. The van der Waals surface area contributed by atoms with E-state index in [1.165, 1.54) is 6.26 Å². The summed E-state index contributed by atoms with van der Waals surface area (Å²) in [6.45, 7) is 0. The summed E-state index contributed by atoms with van der Waals surface area (Å²) in [4.78, 5) is 7.68. The third kappa shape index (κ3) is 2.24. The van der Waals surface area contributed by atoms with E-state index in [0.717, 1.165) is 22.2 Å². The Morgan fingerprint density at radius 1 is 1.05 bits per heavy atom. The molecule has 0 radical (unpaired) electrons. The van der Waals surface area contributed by atoms with Gasteiger partial charge in [-0.1, -0.05) is 12.1 Å². The molecule has 0 aliphatic rings. The van der Waals surface area contributed by atoms with Gasteiger partial charge < -0.3 is 4.98 Å². The third-order valence-electron chi connectivity index (χ3n) is 3.02. The van der Waals surface area contributed by atoms with Gasteiger partial charge in [0.05, 0.1) is 4.90 Å². The lowest BCUT2D eigenvalue weighted by molar-refractivity contribution is 0.602. The van der Waals surface area contributed by atoms with E-state index in [9.17, 15) is 8.42 Å². The molecule has 0 spiro atoms. The zero-order valence-electron chi connectivity index (χ0n) is 10.3. The SMILES string of the molecule is CS(=O)(=O)c1ccc(-c2cnc3[nH]ccc3c2)cc1. The van der Waals surface area contributed by atoms with Crippen molar-refractivity contribution in [2.75, 3.05) is 6.26 Å². The minimum Gasteiger partial charge on any atom is -0.346 e. The zero-order valence-corrected chi connectivity index (χ0v) is 11.1. The van der Waals surface area contributed by atoms with Crippen LogP contribution in [-0.4, -0.2) is 24.6 Å². The highest BCUT2D eigenvalue weighted by Gasteiger charge is 2.07. The van der Waals surface area contributed by atoms with Crippen LogP contribution in [0, 0.1) is 0 Å². The molecule has 3 rings (SSSR count). The van der Waals surface area contributed by atoms with E-state index in [1.54, 1.807) is 30.5 Å². The molecule has 0 atom stereocenters. The number of nitrogens with zero attached hydrogens (tertiary/aromatic N) is 1. The molecule has 0 aliphatic carbocycles. The predicted molar refractivity (Wildman–Crippen MR) is 74.6 cm³/mol. The first kappa shape index (κ1) is 11.9. The first-order valence-corrected chi connectivity index (χ1v) is 7.67. The summed E-state index contributed by atoms with van der Waals surface area (Å²) in [5, 5.41) is 1.03. The molecule has 0 saturated heterocycles. The molecule has 0 amide bonds. The fourth-order valence-corrected chi connectivity index (χ4v) is 2.62. The fraction of sp³-hybridized carbons (Fsp3) is 0.0714. The van der Waals surface area contributed by atoms with Crippen molar-refractivity contribution in [1.29, 1.82) is 0 Å². The Hall–Kier alpha value is -2.14. The number of pyridine rings is 1. The molecule has 1 N–H and O–H groups in total. The molecule has 0 aliphatic heterocycles. The number of hydrogen-bond acceptors (Lipinski definition) is 3. The molecule has 5 heteroatoms. The summed E-state index contributed by atoms with van der Waals surface area (Å²) in [6, 6.07) is 10.8. The van der Waals surface area contributed by atoms with E-state index in [1.807, 2.05) is 18.3 Å². The highest BCUT2D eigenvalue weighted by atomic mass is 32.2. The lowest BCUT2D eigenvalue weighted by Gasteiger charge is -2.03. The van der Waals surface area contributed by atoms with Crippen molar-refractivity contribution in [2.24, 2.45) is 0 Å². The van der Waals surface area contributed by atoms with Gasteiger partial charge in [-0.05, 0) is 29.8 Å². The number of H-pyrrole nitrogens is 1. The quantitative estimate of drug-likeness (QED) is 0.780. The van der Waals surface area contributed by atoms with Crippen molar-refractivity contribution in [3.8, 4) is 11.1 Å². The van der Waals surface area contributed by atoms with E-state index in [0.29, 0.717) is 4.90 Å². The summed E-state index contributed by atoms with van der Waals surface area (Å²) in [5.41, 5.74) is 2.76. The van der Waals surface area contributed by atoms with Gasteiger partial charge in [0, 0.05) is 29.6 Å². The van der Waals surface area contributed by atoms with Gasteiger partial charge >= 0.3 is 0 Å². The molecule has 0 bridgehead atoms. The minimum atomic E-state index is -3.15. The Balaban J connectivity index is 2.06. The summed E-state index contributed by atoms with van der Waals surface area (Å²) in [5.74, 6) is 0. The van der Waals surface area contributed by atoms with Gasteiger partial charge in [-0.25, -0.2) is 13.4 Å². The highest BCUT2D eigenvalue weighted by molar-refractivity contribution is 7.90. The standard InChI is InChI=1S/C14H12N2O2S/c1-19(17,18)13-4-2-10(3-5-13)12-8-11-6-7-15-14(11)16-9-12/h2-9H,1H3,(H,15,16).